The van der Waals surface area contributed by atoms with Gasteiger partial charge in [-0.1, -0.05) is 27.5 Å². The Morgan fingerprint density at radius 1 is 1.12 bits per heavy atom. The lowest BCUT2D eigenvalue weighted by Gasteiger charge is -2.36. The fraction of sp³-hybridized carbons (Fsp3) is 0.174. The molecule has 172 valence electrons. The van der Waals surface area contributed by atoms with Gasteiger partial charge in [0, 0.05) is 16.2 Å². The van der Waals surface area contributed by atoms with Gasteiger partial charge >= 0.3 is 0 Å². The third-order valence-electron chi connectivity index (χ3n) is 5.36. The van der Waals surface area contributed by atoms with E-state index in [4.69, 9.17) is 23.8 Å². The van der Waals surface area contributed by atoms with Crippen molar-refractivity contribution in [2.75, 3.05) is 14.9 Å². The SMILES string of the molecule is C[C@H]1CCc2cc(F)ccc2N1S(=O)(=O)c1ccc(NC(=S)Nc2ccc(Br)cc2Cl)cc1. The van der Waals surface area contributed by atoms with Crippen LogP contribution in [0.1, 0.15) is 18.9 Å². The van der Waals surface area contributed by atoms with E-state index >= 15 is 0 Å². The summed E-state index contributed by atoms with van der Waals surface area (Å²) < 4.78 is 42.8. The molecule has 0 amide bonds. The van der Waals surface area contributed by atoms with Crippen molar-refractivity contribution in [1.82, 2.24) is 0 Å². The van der Waals surface area contributed by atoms with Crippen molar-refractivity contribution in [2.24, 2.45) is 0 Å². The van der Waals surface area contributed by atoms with Gasteiger partial charge in [-0.3, -0.25) is 4.31 Å². The van der Waals surface area contributed by atoms with Gasteiger partial charge in [-0.25, -0.2) is 12.8 Å². The Balaban J connectivity index is 1.52. The molecular formula is C23H20BrClFN3O2S2. The number of nitrogens with zero attached hydrogens (tertiary/aromatic N) is 1. The summed E-state index contributed by atoms with van der Waals surface area (Å²) in [6.45, 7) is 1.86. The number of sulfonamides is 1. The Morgan fingerprint density at radius 3 is 2.55 bits per heavy atom. The van der Waals surface area contributed by atoms with Crippen molar-refractivity contribution in [3.63, 3.8) is 0 Å². The highest BCUT2D eigenvalue weighted by Gasteiger charge is 2.34. The van der Waals surface area contributed by atoms with Crippen molar-refractivity contribution in [2.45, 2.75) is 30.7 Å². The Labute approximate surface area is 211 Å². The van der Waals surface area contributed by atoms with Gasteiger partial charge in [0.15, 0.2) is 5.11 Å². The molecule has 0 unspecified atom stereocenters. The lowest BCUT2D eigenvalue weighted by Crippen LogP contribution is -2.42. The van der Waals surface area contributed by atoms with Crippen LogP contribution in [0.15, 0.2) is 70.0 Å². The largest absolute Gasteiger partial charge is 0.332 e. The van der Waals surface area contributed by atoms with Gasteiger partial charge in [-0.15, -0.1) is 0 Å². The van der Waals surface area contributed by atoms with Crippen LogP contribution in [0.2, 0.25) is 5.02 Å². The lowest BCUT2D eigenvalue weighted by atomic mass is 9.99. The number of nitrogens with one attached hydrogen (secondary N) is 2. The first-order chi connectivity index (χ1) is 15.6. The maximum atomic E-state index is 13.7. The molecule has 10 heteroatoms. The van der Waals surface area contributed by atoms with Crippen LogP contribution < -0.4 is 14.9 Å². The van der Waals surface area contributed by atoms with Crippen LogP contribution in [0.25, 0.3) is 0 Å². The highest BCUT2D eigenvalue weighted by molar-refractivity contribution is 9.10. The topological polar surface area (TPSA) is 61.4 Å². The molecular weight excluding hydrogens is 549 g/mol. The van der Waals surface area contributed by atoms with E-state index in [0.29, 0.717) is 45.6 Å². The number of rotatable bonds is 4. The summed E-state index contributed by atoms with van der Waals surface area (Å²) in [5, 5.41) is 6.86. The summed E-state index contributed by atoms with van der Waals surface area (Å²) in [4.78, 5) is 0.145. The van der Waals surface area contributed by atoms with Crippen LogP contribution in [-0.4, -0.2) is 19.6 Å². The number of halogens is 3. The molecule has 0 saturated carbocycles. The zero-order chi connectivity index (χ0) is 23.8. The van der Waals surface area contributed by atoms with E-state index < -0.39 is 10.0 Å². The molecule has 1 atom stereocenters. The number of anilines is 3. The predicted molar refractivity (Wildman–Crippen MR) is 139 cm³/mol. The Bertz CT molecular complexity index is 1320. The average molecular weight is 569 g/mol. The highest BCUT2D eigenvalue weighted by Crippen LogP contribution is 2.36. The minimum Gasteiger partial charge on any atom is -0.332 e. The Kier molecular flexibility index (Phi) is 6.95. The molecule has 2 N–H and O–H groups in total. The highest BCUT2D eigenvalue weighted by atomic mass is 79.9. The van der Waals surface area contributed by atoms with Crippen molar-refractivity contribution >= 4 is 71.9 Å². The molecule has 3 aromatic rings. The molecule has 33 heavy (non-hydrogen) atoms. The molecule has 0 aliphatic carbocycles. The molecule has 1 aliphatic rings. The van der Waals surface area contributed by atoms with E-state index in [1.54, 1.807) is 24.3 Å². The van der Waals surface area contributed by atoms with Crippen LogP contribution in [0.4, 0.5) is 21.5 Å². The van der Waals surface area contributed by atoms with Crippen LogP contribution in [0, 0.1) is 5.82 Å². The number of hydrogen-bond donors (Lipinski definition) is 2. The van der Waals surface area contributed by atoms with Crippen molar-refractivity contribution in [3.05, 3.63) is 81.5 Å². The summed E-state index contributed by atoms with van der Waals surface area (Å²) in [6.07, 6.45) is 1.25. The fourth-order valence-electron chi connectivity index (χ4n) is 3.75. The summed E-state index contributed by atoms with van der Waals surface area (Å²) in [5.74, 6) is -0.370. The van der Waals surface area contributed by atoms with Crippen LogP contribution in [0.3, 0.4) is 0 Å². The van der Waals surface area contributed by atoms with Gasteiger partial charge in [0.2, 0.25) is 0 Å². The molecule has 1 heterocycles. The average Bonchev–Trinajstić information content (AvgIpc) is 2.76. The first-order valence-corrected chi connectivity index (χ1v) is 13.1. The molecule has 5 nitrogen and oxygen atoms in total. The second kappa shape index (κ2) is 9.58. The van der Waals surface area contributed by atoms with Crippen LogP contribution in [0.5, 0.6) is 0 Å². The third-order valence-corrected chi connectivity index (χ3v) is 8.31. The van der Waals surface area contributed by atoms with Crippen LogP contribution in [-0.2, 0) is 16.4 Å². The van der Waals surface area contributed by atoms with E-state index in [-0.39, 0.29) is 16.8 Å². The Morgan fingerprint density at radius 2 is 1.85 bits per heavy atom. The molecule has 0 spiro atoms. The minimum atomic E-state index is -3.83. The first-order valence-electron chi connectivity index (χ1n) is 10.1. The molecule has 0 fully saturated rings. The number of hydrogen-bond acceptors (Lipinski definition) is 3. The first kappa shape index (κ1) is 23.9. The standard InChI is InChI=1S/C23H20BrClFN3O2S2/c1-14-2-3-15-12-17(26)5-11-22(15)29(14)33(30,31)19-8-6-18(7-9-19)27-23(32)28-21-10-4-16(24)13-20(21)25/h4-14H,2-3H2,1H3,(H2,27,28,32)/t14-/m0/s1. The normalized spacial score (nSPS) is 15.6. The van der Waals surface area contributed by atoms with E-state index in [1.807, 2.05) is 13.0 Å². The number of fused-ring (bicyclic) bond motifs is 1. The van der Waals surface area contributed by atoms with Gasteiger partial charge in [-0.2, -0.15) is 0 Å². The maximum Gasteiger partial charge on any atom is 0.264 e. The predicted octanol–water partition coefficient (Wildman–Crippen LogP) is 6.58. The maximum absolute atomic E-state index is 13.7. The smallest absolute Gasteiger partial charge is 0.264 e. The number of aryl methyl sites for hydroxylation is 1. The Hall–Kier alpha value is -2.20. The quantitative estimate of drug-likeness (QED) is 0.348. The number of thiocarbonyl (C=S) groups is 1. The van der Waals surface area contributed by atoms with Crippen LogP contribution >= 0.6 is 39.7 Å². The summed E-state index contributed by atoms with van der Waals surface area (Å²) in [7, 11) is -3.83. The molecule has 1 aliphatic heterocycles. The van der Waals surface area contributed by atoms with Gasteiger partial charge in [-0.05, 0) is 98.2 Å². The zero-order valence-electron chi connectivity index (χ0n) is 17.5. The van der Waals surface area contributed by atoms with Gasteiger partial charge < -0.3 is 10.6 Å². The molecule has 0 radical (unpaired) electrons. The van der Waals surface area contributed by atoms with Gasteiger partial charge in [0.1, 0.15) is 5.82 Å². The van der Waals surface area contributed by atoms with Crippen molar-refractivity contribution in [3.8, 4) is 0 Å². The summed E-state index contributed by atoms with van der Waals surface area (Å²) in [6, 6.07) is 15.7. The third kappa shape index (κ3) is 5.16. The lowest BCUT2D eigenvalue weighted by molar-refractivity contribution is 0.560. The second-order valence-electron chi connectivity index (χ2n) is 7.69. The molecule has 3 aromatic carbocycles. The zero-order valence-corrected chi connectivity index (χ0v) is 21.5. The molecule has 0 bridgehead atoms. The van der Waals surface area contributed by atoms with Gasteiger partial charge in [0.25, 0.3) is 10.0 Å². The van der Waals surface area contributed by atoms with E-state index in [0.717, 1.165) is 4.47 Å². The fourth-order valence-corrected chi connectivity index (χ4v) is 6.43. The number of benzene rings is 3. The monoisotopic (exact) mass is 567 g/mol. The molecule has 0 aromatic heterocycles. The molecule has 0 saturated heterocycles. The summed E-state index contributed by atoms with van der Waals surface area (Å²) >= 11 is 14.9. The van der Waals surface area contributed by atoms with Crippen molar-refractivity contribution in [1.29, 1.82) is 0 Å². The minimum absolute atomic E-state index is 0.145. The van der Waals surface area contributed by atoms with E-state index in [1.165, 1.54) is 34.6 Å². The second-order valence-corrected chi connectivity index (χ2v) is 11.2. The van der Waals surface area contributed by atoms with E-state index in [9.17, 15) is 12.8 Å². The van der Waals surface area contributed by atoms with Gasteiger partial charge in [0.05, 0.1) is 21.3 Å². The van der Waals surface area contributed by atoms with E-state index in [2.05, 4.69) is 26.6 Å². The van der Waals surface area contributed by atoms with Crippen molar-refractivity contribution < 1.29 is 12.8 Å². The molecule has 4 rings (SSSR count). The summed E-state index contributed by atoms with van der Waals surface area (Å²) in [5.41, 5.74) is 2.48.